The van der Waals surface area contributed by atoms with Crippen molar-refractivity contribution < 1.29 is 9.53 Å². The van der Waals surface area contributed by atoms with Gasteiger partial charge < -0.3 is 10.1 Å². The lowest BCUT2D eigenvalue weighted by Crippen LogP contribution is -2.37. The molecule has 1 aliphatic rings. The zero-order valence-corrected chi connectivity index (χ0v) is 19.9. The van der Waals surface area contributed by atoms with Gasteiger partial charge in [-0.15, -0.1) is 0 Å². The number of carbonyl (C=O) groups is 1. The van der Waals surface area contributed by atoms with E-state index in [2.05, 4.69) is 22.3 Å². The van der Waals surface area contributed by atoms with Crippen LogP contribution in [-0.2, 0) is 0 Å². The maximum Gasteiger partial charge on any atom is 0.270 e. The first-order valence-electron chi connectivity index (χ1n) is 12.1. The molecule has 0 aliphatic carbocycles. The molecule has 35 heavy (non-hydrogen) atoms. The van der Waals surface area contributed by atoms with E-state index in [0.717, 1.165) is 41.3 Å². The molecular weight excluding hydrogens is 436 g/mol. The molecule has 2 heterocycles. The number of amides is 1. The summed E-state index contributed by atoms with van der Waals surface area (Å²) in [7, 11) is 1.68. The second-order valence-electron chi connectivity index (χ2n) is 8.77. The van der Waals surface area contributed by atoms with Gasteiger partial charge in [0, 0.05) is 12.1 Å². The molecule has 6 heteroatoms. The van der Waals surface area contributed by atoms with Crippen LogP contribution >= 0.6 is 0 Å². The Morgan fingerprint density at radius 2 is 1.66 bits per heavy atom. The van der Waals surface area contributed by atoms with Crippen molar-refractivity contribution in [2.45, 2.75) is 18.9 Å². The molecule has 1 N–H and O–H groups in total. The first kappa shape index (κ1) is 22.9. The van der Waals surface area contributed by atoms with Gasteiger partial charge in [-0.25, -0.2) is 4.68 Å². The Kier molecular flexibility index (Phi) is 6.91. The van der Waals surface area contributed by atoms with Crippen molar-refractivity contribution >= 4 is 5.91 Å². The third-order valence-corrected chi connectivity index (χ3v) is 6.53. The highest BCUT2D eigenvalue weighted by Crippen LogP contribution is 2.28. The Balaban J connectivity index is 1.43. The molecule has 0 bridgehead atoms. The lowest BCUT2D eigenvalue weighted by Gasteiger charge is -2.28. The maximum atomic E-state index is 13.5. The van der Waals surface area contributed by atoms with Crippen molar-refractivity contribution in [1.82, 2.24) is 20.0 Å². The van der Waals surface area contributed by atoms with Gasteiger partial charge in [0.05, 0.1) is 24.5 Å². The third kappa shape index (κ3) is 5.12. The summed E-state index contributed by atoms with van der Waals surface area (Å²) >= 11 is 0. The zero-order valence-electron chi connectivity index (χ0n) is 19.9. The van der Waals surface area contributed by atoms with Gasteiger partial charge in [0.25, 0.3) is 5.91 Å². The third-order valence-electron chi connectivity index (χ3n) is 6.53. The number of carbonyl (C=O) groups excluding carboxylic acids is 1. The van der Waals surface area contributed by atoms with Crippen LogP contribution in [0.1, 0.15) is 34.9 Å². The number of nitrogens with one attached hydrogen (secondary N) is 1. The van der Waals surface area contributed by atoms with Crippen molar-refractivity contribution in [1.29, 1.82) is 0 Å². The minimum Gasteiger partial charge on any atom is -0.497 e. The van der Waals surface area contributed by atoms with E-state index < -0.39 is 0 Å². The number of ether oxygens (including phenoxy) is 1. The van der Waals surface area contributed by atoms with Gasteiger partial charge >= 0.3 is 0 Å². The Morgan fingerprint density at radius 1 is 0.943 bits per heavy atom. The fraction of sp³-hybridized carbons (Fsp3) is 0.241. The molecular formula is C29H30N4O2. The van der Waals surface area contributed by atoms with Crippen LogP contribution in [0.4, 0.5) is 0 Å². The number of nitrogens with zero attached hydrogens (tertiary/aromatic N) is 3. The molecule has 0 spiro atoms. The van der Waals surface area contributed by atoms with E-state index in [1.54, 1.807) is 11.8 Å². The number of benzene rings is 3. The van der Waals surface area contributed by atoms with Crippen LogP contribution in [0.5, 0.6) is 5.75 Å². The predicted molar refractivity (Wildman–Crippen MR) is 138 cm³/mol. The van der Waals surface area contributed by atoms with Crippen LogP contribution in [0.15, 0.2) is 91.0 Å². The van der Waals surface area contributed by atoms with Gasteiger partial charge in [0.2, 0.25) is 0 Å². The molecule has 178 valence electrons. The molecule has 6 nitrogen and oxygen atoms in total. The van der Waals surface area contributed by atoms with Crippen LogP contribution < -0.4 is 10.1 Å². The molecule has 1 aliphatic heterocycles. The summed E-state index contributed by atoms with van der Waals surface area (Å²) < 4.78 is 7.18. The van der Waals surface area contributed by atoms with Gasteiger partial charge in [-0.2, -0.15) is 5.10 Å². The maximum absolute atomic E-state index is 13.5. The molecule has 1 amide bonds. The highest BCUT2D eigenvalue weighted by Gasteiger charge is 2.25. The Bertz CT molecular complexity index is 1260. The topological polar surface area (TPSA) is 59.4 Å². The standard InChI is InChI=1S/C29H30N4O2/c1-35-25-16-10-13-23(19-25)28(32-17-8-9-18-32)21-30-29(34)27-20-26(22-11-4-2-5-12-22)31-33(27)24-14-6-3-7-15-24/h2-7,10-16,19-20,28H,8-9,17-18,21H2,1H3,(H,30,34). The Labute approximate surface area is 206 Å². The van der Waals surface area contributed by atoms with E-state index in [4.69, 9.17) is 9.84 Å². The van der Waals surface area contributed by atoms with Gasteiger partial charge in [-0.3, -0.25) is 9.69 Å². The fourth-order valence-electron chi connectivity index (χ4n) is 4.70. The molecule has 0 radical (unpaired) electrons. The van der Waals surface area contributed by atoms with E-state index in [0.29, 0.717) is 12.2 Å². The van der Waals surface area contributed by atoms with Crippen molar-refractivity contribution in [3.63, 3.8) is 0 Å². The van der Waals surface area contributed by atoms with Gasteiger partial charge in [-0.1, -0.05) is 60.7 Å². The number of hydrogen-bond acceptors (Lipinski definition) is 4. The Hall–Kier alpha value is -3.90. The normalized spacial score (nSPS) is 14.5. The van der Waals surface area contributed by atoms with Crippen LogP contribution in [0.2, 0.25) is 0 Å². The summed E-state index contributed by atoms with van der Waals surface area (Å²) in [5.41, 5.74) is 4.25. The molecule has 1 unspecified atom stereocenters. The van der Waals surface area contributed by atoms with Gasteiger partial charge in [0.15, 0.2) is 0 Å². The van der Waals surface area contributed by atoms with Crippen molar-refractivity contribution in [3.8, 4) is 22.7 Å². The molecule has 1 aromatic heterocycles. The molecule has 5 rings (SSSR count). The molecule has 1 atom stereocenters. The summed E-state index contributed by atoms with van der Waals surface area (Å²) in [6.45, 7) is 2.56. The number of methoxy groups -OCH3 is 1. The van der Waals surface area contributed by atoms with Crippen molar-refractivity contribution in [3.05, 3.63) is 102 Å². The van der Waals surface area contributed by atoms with Crippen LogP contribution in [-0.4, -0.2) is 47.3 Å². The second kappa shape index (κ2) is 10.6. The molecule has 1 saturated heterocycles. The quantitative estimate of drug-likeness (QED) is 0.392. The smallest absolute Gasteiger partial charge is 0.270 e. The van der Waals surface area contributed by atoms with Crippen LogP contribution in [0.25, 0.3) is 16.9 Å². The largest absolute Gasteiger partial charge is 0.497 e. The van der Waals surface area contributed by atoms with E-state index >= 15 is 0 Å². The zero-order chi connectivity index (χ0) is 24.0. The van der Waals surface area contributed by atoms with Crippen molar-refractivity contribution in [2.75, 3.05) is 26.7 Å². The summed E-state index contributed by atoms with van der Waals surface area (Å²) in [6.07, 6.45) is 2.35. The predicted octanol–water partition coefficient (Wildman–Crippen LogP) is 5.11. The number of aromatic nitrogens is 2. The second-order valence-corrected chi connectivity index (χ2v) is 8.77. The summed E-state index contributed by atoms with van der Waals surface area (Å²) in [4.78, 5) is 16.0. The summed E-state index contributed by atoms with van der Waals surface area (Å²) in [6, 6.07) is 29.8. The minimum absolute atomic E-state index is 0.0817. The first-order chi connectivity index (χ1) is 17.2. The van der Waals surface area contributed by atoms with E-state index in [1.165, 1.54) is 12.8 Å². The summed E-state index contributed by atoms with van der Waals surface area (Å²) in [5.74, 6) is 0.684. The number of para-hydroxylation sites is 1. The summed E-state index contributed by atoms with van der Waals surface area (Å²) in [5, 5.41) is 7.99. The van der Waals surface area contributed by atoms with Crippen molar-refractivity contribution in [2.24, 2.45) is 0 Å². The average molecular weight is 467 g/mol. The van der Waals surface area contributed by atoms with E-state index in [1.807, 2.05) is 78.9 Å². The van der Waals surface area contributed by atoms with E-state index in [-0.39, 0.29) is 11.9 Å². The van der Waals surface area contributed by atoms with E-state index in [9.17, 15) is 4.79 Å². The van der Waals surface area contributed by atoms with Crippen LogP contribution in [0.3, 0.4) is 0 Å². The molecule has 4 aromatic rings. The monoisotopic (exact) mass is 466 g/mol. The average Bonchev–Trinajstić information content (AvgIpc) is 3.61. The lowest BCUT2D eigenvalue weighted by molar-refractivity contribution is 0.0930. The van der Waals surface area contributed by atoms with Crippen LogP contribution in [0, 0.1) is 0 Å². The highest BCUT2D eigenvalue weighted by atomic mass is 16.5. The Morgan fingerprint density at radius 3 is 2.37 bits per heavy atom. The SMILES string of the molecule is COc1cccc(C(CNC(=O)c2cc(-c3ccccc3)nn2-c2ccccc2)N2CCCC2)c1. The molecule has 0 saturated carbocycles. The minimum atomic E-state index is -0.143. The first-order valence-corrected chi connectivity index (χ1v) is 12.1. The van der Waals surface area contributed by atoms with Gasteiger partial charge in [-0.05, 0) is 61.8 Å². The molecule has 1 fully saturated rings. The van der Waals surface area contributed by atoms with Gasteiger partial charge in [0.1, 0.15) is 11.4 Å². The number of likely N-dealkylation sites (tertiary alicyclic amines) is 1. The molecule has 3 aromatic carbocycles. The highest BCUT2D eigenvalue weighted by molar-refractivity contribution is 5.94. The lowest BCUT2D eigenvalue weighted by atomic mass is 10.0. The number of rotatable bonds is 8. The number of hydrogen-bond donors (Lipinski definition) is 1. The fourth-order valence-corrected chi connectivity index (χ4v) is 4.70.